The molecule has 4 N–H and O–H groups in total. The number of hydrogen-bond acceptors (Lipinski definition) is 3. The molecule has 0 spiro atoms. The van der Waals surface area contributed by atoms with Crippen molar-refractivity contribution < 1.29 is 8.42 Å². The summed E-state index contributed by atoms with van der Waals surface area (Å²) in [5.74, 6) is 0.707. The highest BCUT2D eigenvalue weighted by Gasteiger charge is 2.16. The first-order valence-corrected chi connectivity index (χ1v) is 7.92. The number of anilines is 1. The Morgan fingerprint density at radius 2 is 1.83 bits per heavy atom. The molecule has 1 aromatic rings. The monoisotopic (exact) mass is 268 g/mol. The second-order valence-electron chi connectivity index (χ2n) is 5.13. The normalized spacial score (nSPS) is 17.8. The number of hydrogen-bond donors (Lipinski definition) is 2. The summed E-state index contributed by atoms with van der Waals surface area (Å²) in [6, 6.07) is 5.09. The molecule has 1 saturated carbocycles. The average molecular weight is 268 g/mol. The standard InChI is InChI=1S/C13H20N2O2S/c14-12-9-11(6-7-13(12)18(15,16)17)8-10-4-2-1-3-5-10/h6-7,9-10H,1-5,8,14H2,(H2,15,16,17). The van der Waals surface area contributed by atoms with Gasteiger partial charge in [-0.05, 0) is 30.0 Å². The lowest BCUT2D eigenvalue weighted by molar-refractivity contribution is 0.356. The average Bonchev–Trinajstić information content (AvgIpc) is 2.28. The van der Waals surface area contributed by atoms with Crippen LogP contribution in [0.15, 0.2) is 23.1 Å². The molecule has 0 amide bonds. The van der Waals surface area contributed by atoms with Crippen molar-refractivity contribution in [3.63, 3.8) is 0 Å². The van der Waals surface area contributed by atoms with E-state index >= 15 is 0 Å². The third-order valence-electron chi connectivity index (χ3n) is 3.63. The van der Waals surface area contributed by atoms with Crippen molar-refractivity contribution in [1.29, 1.82) is 0 Å². The summed E-state index contributed by atoms with van der Waals surface area (Å²) >= 11 is 0. The third-order valence-corrected chi connectivity index (χ3v) is 4.61. The summed E-state index contributed by atoms with van der Waals surface area (Å²) in [4.78, 5) is 0.0231. The van der Waals surface area contributed by atoms with Gasteiger partial charge in [0.15, 0.2) is 0 Å². The fraction of sp³-hybridized carbons (Fsp3) is 0.538. The quantitative estimate of drug-likeness (QED) is 0.822. The molecule has 100 valence electrons. The van der Waals surface area contributed by atoms with E-state index in [0.717, 1.165) is 12.0 Å². The maximum Gasteiger partial charge on any atom is 0.240 e. The third kappa shape index (κ3) is 3.23. The van der Waals surface area contributed by atoms with Gasteiger partial charge in [0.2, 0.25) is 10.0 Å². The zero-order chi connectivity index (χ0) is 13.2. The van der Waals surface area contributed by atoms with E-state index in [0.29, 0.717) is 5.92 Å². The largest absolute Gasteiger partial charge is 0.398 e. The summed E-state index contributed by atoms with van der Waals surface area (Å²) in [5, 5.41) is 5.08. The molecule has 1 fully saturated rings. The Kier molecular flexibility index (Phi) is 3.92. The molecular weight excluding hydrogens is 248 g/mol. The van der Waals surface area contributed by atoms with Crippen LogP contribution in [0, 0.1) is 5.92 Å². The number of primary sulfonamides is 1. The summed E-state index contributed by atoms with van der Waals surface area (Å²) in [6.45, 7) is 0. The molecule has 1 aliphatic carbocycles. The van der Waals surface area contributed by atoms with E-state index in [2.05, 4.69) is 0 Å². The number of nitrogens with two attached hydrogens (primary N) is 2. The minimum atomic E-state index is -3.71. The van der Waals surface area contributed by atoms with E-state index in [4.69, 9.17) is 10.9 Å². The fourth-order valence-corrected chi connectivity index (χ4v) is 3.35. The van der Waals surface area contributed by atoms with Crippen LogP contribution in [0.3, 0.4) is 0 Å². The molecule has 2 rings (SSSR count). The lowest BCUT2D eigenvalue weighted by atomic mass is 9.85. The van der Waals surface area contributed by atoms with Crippen LogP contribution in [-0.4, -0.2) is 8.42 Å². The van der Waals surface area contributed by atoms with Crippen molar-refractivity contribution >= 4 is 15.7 Å². The molecular formula is C13H20N2O2S. The van der Waals surface area contributed by atoms with Gasteiger partial charge in [-0.3, -0.25) is 0 Å². The molecule has 0 saturated heterocycles. The highest BCUT2D eigenvalue weighted by Crippen LogP contribution is 2.28. The van der Waals surface area contributed by atoms with E-state index < -0.39 is 10.0 Å². The Labute approximate surface area is 108 Å². The highest BCUT2D eigenvalue weighted by atomic mass is 32.2. The number of rotatable bonds is 3. The maximum absolute atomic E-state index is 11.3. The first-order valence-electron chi connectivity index (χ1n) is 6.38. The number of nitrogen functional groups attached to an aromatic ring is 1. The van der Waals surface area contributed by atoms with Crippen molar-refractivity contribution in [2.24, 2.45) is 11.1 Å². The fourth-order valence-electron chi connectivity index (χ4n) is 2.71. The molecule has 0 radical (unpaired) electrons. The Bertz CT molecular complexity index is 520. The Hall–Kier alpha value is -1.07. The Balaban J connectivity index is 2.13. The van der Waals surface area contributed by atoms with Gasteiger partial charge >= 0.3 is 0 Å². The SMILES string of the molecule is Nc1cc(CC2CCCCC2)ccc1S(N)(=O)=O. The minimum Gasteiger partial charge on any atom is -0.398 e. The molecule has 18 heavy (non-hydrogen) atoms. The maximum atomic E-state index is 11.3. The van der Waals surface area contributed by atoms with E-state index in [9.17, 15) is 8.42 Å². The van der Waals surface area contributed by atoms with Gasteiger partial charge in [-0.25, -0.2) is 13.6 Å². The van der Waals surface area contributed by atoms with Crippen LogP contribution in [0.2, 0.25) is 0 Å². The first-order chi connectivity index (χ1) is 8.47. The second-order valence-corrected chi connectivity index (χ2v) is 6.66. The summed E-state index contributed by atoms with van der Waals surface area (Å²) in [5.41, 5.74) is 7.11. The van der Waals surface area contributed by atoms with Crippen molar-refractivity contribution in [2.45, 2.75) is 43.4 Å². The van der Waals surface area contributed by atoms with E-state index in [1.54, 1.807) is 6.07 Å². The van der Waals surface area contributed by atoms with Crippen LogP contribution in [0.25, 0.3) is 0 Å². The predicted octanol–water partition coefficient (Wildman–Crippen LogP) is 2.04. The van der Waals surface area contributed by atoms with Crippen LogP contribution >= 0.6 is 0 Å². The summed E-state index contributed by atoms with van der Waals surface area (Å²) in [7, 11) is -3.71. The molecule has 1 aliphatic rings. The van der Waals surface area contributed by atoms with Crippen LogP contribution in [-0.2, 0) is 16.4 Å². The van der Waals surface area contributed by atoms with Crippen LogP contribution in [0.5, 0.6) is 0 Å². The van der Waals surface area contributed by atoms with E-state index in [1.165, 1.54) is 38.2 Å². The molecule has 0 atom stereocenters. The summed E-state index contributed by atoms with van der Waals surface area (Å²) in [6.07, 6.45) is 7.44. The molecule has 0 aromatic heterocycles. The van der Waals surface area contributed by atoms with Crippen LogP contribution in [0.4, 0.5) is 5.69 Å². The lowest BCUT2D eigenvalue weighted by Gasteiger charge is -2.21. The first kappa shape index (κ1) is 13.4. The van der Waals surface area contributed by atoms with Gasteiger partial charge in [-0.2, -0.15) is 0 Å². The predicted molar refractivity (Wildman–Crippen MR) is 72.5 cm³/mol. The van der Waals surface area contributed by atoms with Gasteiger partial charge < -0.3 is 5.73 Å². The summed E-state index contributed by atoms with van der Waals surface area (Å²) < 4.78 is 22.5. The van der Waals surface area contributed by atoms with Crippen LogP contribution < -0.4 is 10.9 Å². The van der Waals surface area contributed by atoms with Gasteiger partial charge in [0, 0.05) is 0 Å². The lowest BCUT2D eigenvalue weighted by Crippen LogP contribution is -2.15. The molecule has 0 heterocycles. The zero-order valence-electron chi connectivity index (χ0n) is 10.4. The molecule has 0 aliphatic heterocycles. The Morgan fingerprint density at radius 1 is 1.17 bits per heavy atom. The van der Waals surface area contributed by atoms with Crippen molar-refractivity contribution in [1.82, 2.24) is 0 Å². The topological polar surface area (TPSA) is 86.2 Å². The highest BCUT2D eigenvalue weighted by molar-refractivity contribution is 7.89. The number of benzene rings is 1. The van der Waals surface area contributed by atoms with Gasteiger partial charge in [-0.1, -0.05) is 38.2 Å². The zero-order valence-corrected chi connectivity index (χ0v) is 11.2. The number of sulfonamides is 1. The molecule has 0 bridgehead atoms. The van der Waals surface area contributed by atoms with E-state index in [-0.39, 0.29) is 10.6 Å². The van der Waals surface area contributed by atoms with Crippen molar-refractivity contribution in [3.05, 3.63) is 23.8 Å². The minimum absolute atomic E-state index is 0.0231. The second kappa shape index (κ2) is 5.28. The molecule has 0 unspecified atom stereocenters. The van der Waals surface area contributed by atoms with Crippen molar-refractivity contribution in [3.8, 4) is 0 Å². The van der Waals surface area contributed by atoms with Gasteiger partial charge in [0.05, 0.1) is 5.69 Å². The van der Waals surface area contributed by atoms with Crippen molar-refractivity contribution in [2.75, 3.05) is 5.73 Å². The van der Waals surface area contributed by atoms with Crippen LogP contribution in [0.1, 0.15) is 37.7 Å². The van der Waals surface area contributed by atoms with Gasteiger partial charge in [0.1, 0.15) is 4.90 Å². The van der Waals surface area contributed by atoms with Gasteiger partial charge in [-0.15, -0.1) is 0 Å². The Morgan fingerprint density at radius 3 is 2.39 bits per heavy atom. The molecule has 4 nitrogen and oxygen atoms in total. The van der Waals surface area contributed by atoms with E-state index in [1.807, 2.05) is 6.07 Å². The molecule has 5 heteroatoms. The molecule has 1 aromatic carbocycles. The van der Waals surface area contributed by atoms with Gasteiger partial charge in [0.25, 0.3) is 0 Å². The smallest absolute Gasteiger partial charge is 0.240 e.